The van der Waals surface area contributed by atoms with Crippen LogP contribution in [0.3, 0.4) is 0 Å². The zero-order valence-corrected chi connectivity index (χ0v) is 18.2. The fourth-order valence-electron chi connectivity index (χ4n) is 2.99. The normalized spacial score (nSPS) is 15.2. The molecule has 2 aromatic rings. The molecule has 3 rings (SSSR count). The highest BCUT2D eigenvalue weighted by Crippen LogP contribution is 2.32. The summed E-state index contributed by atoms with van der Waals surface area (Å²) in [6.45, 7) is 9.79. The van der Waals surface area contributed by atoms with Crippen LogP contribution in [0, 0.1) is 5.41 Å². The van der Waals surface area contributed by atoms with E-state index in [-0.39, 0.29) is 0 Å². The first kappa shape index (κ1) is 21.6. The molecule has 146 valence electrons. The lowest BCUT2D eigenvalue weighted by atomic mass is 9.84. The van der Waals surface area contributed by atoms with E-state index in [0.717, 1.165) is 26.4 Å². The van der Waals surface area contributed by atoms with Gasteiger partial charge in [-0.3, -0.25) is 0 Å². The van der Waals surface area contributed by atoms with E-state index in [1.54, 1.807) is 0 Å². The van der Waals surface area contributed by atoms with E-state index in [4.69, 9.17) is 9.47 Å². The molecule has 0 atom stereocenters. The van der Waals surface area contributed by atoms with Gasteiger partial charge in [0.15, 0.2) is 0 Å². The Morgan fingerprint density at radius 1 is 1.04 bits per heavy atom. The summed E-state index contributed by atoms with van der Waals surface area (Å²) in [7, 11) is 0. The van der Waals surface area contributed by atoms with Crippen LogP contribution in [-0.2, 0) is 15.9 Å². The summed E-state index contributed by atoms with van der Waals surface area (Å²) in [5.74, 6) is 0. The molecule has 26 heavy (non-hydrogen) atoms. The van der Waals surface area contributed by atoms with Gasteiger partial charge >= 0.3 is 0 Å². The molecule has 0 amide bonds. The molecule has 1 saturated heterocycles. The van der Waals surface area contributed by atoms with Crippen LogP contribution in [0.2, 0.25) is 0 Å². The van der Waals surface area contributed by atoms with Gasteiger partial charge in [0.25, 0.3) is 0 Å². The lowest BCUT2D eigenvalue weighted by molar-refractivity contribution is -0.150. The van der Waals surface area contributed by atoms with E-state index in [0.29, 0.717) is 5.41 Å². The number of unbranched alkanes of at least 4 members (excludes halogenated alkanes) is 3. The average Bonchev–Trinajstić information content (AvgIpc) is 3.32. The third-order valence-corrected chi connectivity index (χ3v) is 7.07. The van der Waals surface area contributed by atoms with Gasteiger partial charge in [0.1, 0.15) is 0 Å². The summed E-state index contributed by atoms with van der Waals surface area (Å²) in [6, 6.07) is 8.90. The van der Waals surface area contributed by atoms with Crippen LogP contribution in [0.5, 0.6) is 0 Å². The summed E-state index contributed by atoms with van der Waals surface area (Å²) < 4.78 is 11.2. The first-order valence-corrected chi connectivity index (χ1v) is 11.8. The molecule has 0 aliphatic carbocycles. The molecule has 1 aliphatic rings. The molecule has 1 fully saturated rings. The minimum Gasteiger partial charge on any atom is -0.381 e. The smallest absolute Gasteiger partial charge is 0.0566 e. The Bertz CT molecular complexity index is 580. The van der Waals surface area contributed by atoms with Crippen LogP contribution < -0.4 is 0 Å². The second-order valence-electron chi connectivity index (χ2n) is 6.81. The van der Waals surface area contributed by atoms with Crippen LogP contribution in [0.1, 0.15) is 57.8 Å². The van der Waals surface area contributed by atoms with Gasteiger partial charge in [0, 0.05) is 26.7 Å². The van der Waals surface area contributed by atoms with Crippen LogP contribution in [-0.4, -0.2) is 26.4 Å². The fourth-order valence-corrected chi connectivity index (χ4v) is 4.87. The van der Waals surface area contributed by atoms with E-state index in [9.17, 15) is 0 Å². The molecule has 0 bridgehead atoms. The molecule has 0 N–H and O–H groups in total. The van der Waals surface area contributed by atoms with Crippen molar-refractivity contribution in [1.82, 2.24) is 0 Å². The van der Waals surface area contributed by atoms with Crippen molar-refractivity contribution in [3.63, 3.8) is 0 Å². The summed E-state index contributed by atoms with van der Waals surface area (Å²) in [5.41, 5.74) is 0.333. The number of aryl methyl sites for hydroxylation is 1. The van der Waals surface area contributed by atoms with Crippen LogP contribution in [0.25, 0.3) is 9.75 Å². The topological polar surface area (TPSA) is 18.5 Å². The largest absolute Gasteiger partial charge is 0.381 e. The zero-order chi connectivity index (χ0) is 18.7. The van der Waals surface area contributed by atoms with Gasteiger partial charge in [-0.25, -0.2) is 0 Å². The van der Waals surface area contributed by atoms with Gasteiger partial charge < -0.3 is 9.47 Å². The number of rotatable bonds is 11. The molecule has 0 aromatic carbocycles. The SMILES string of the molecule is CC.CCC1(COCCCCCCc2ccc(-c3cccs3)s2)COC1. The number of thiophene rings is 2. The molecule has 2 nitrogen and oxygen atoms in total. The number of ether oxygens (including phenoxy) is 2. The van der Waals surface area contributed by atoms with Crippen molar-refractivity contribution in [2.24, 2.45) is 5.41 Å². The Kier molecular flexibility index (Phi) is 9.91. The Labute approximate surface area is 167 Å². The first-order chi connectivity index (χ1) is 12.8. The Morgan fingerprint density at radius 3 is 2.50 bits per heavy atom. The van der Waals surface area contributed by atoms with Crippen molar-refractivity contribution in [3.05, 3.63) is 34.5 Å². The van der Waals surface area contributed by atoms with Gasteiger partial charge in [0.2, 0.25) is 0 Å². The predicted molar refractivity (Wildman–Crippen MR) is 116 cm³/mol. The van der Waals surface area contributed by atoms with Crippen LogP contribution in [0.4, 0.5) is 0 Å². The third-order valence-electron chi connectivity index (χ3n) is 4.86. The van der Waals surface area contributed by atoms with Gasteiger partial charge in [-0.15, -0.1) is 22.7 Å². The minimum absolute atomic E-state index is 0.333. The summed E-state index contributed by atoms with van der Waals surface area (Å²) in [5, 5.41) is 2.15. The molecule has 0 radical (unpaired) electrons. The summed E-state index contributed by atoms with van der Waals surface area (Å²) in [4.78, 5) is 4.33. The average molecular weight is 395 g/mol. The third kappa shape index (κ3) is 6.49. The van der Waals surface area contributed by atoms with Crippen molar-refractivity contribution in [2.75, 3.05) is 26.4 Å². The quantitative estimate of drug-likeness (QED) is 0.380. The lowest BCUT2D eigenvalue weighted by Gasteiger charge is -2.40. The molecule has 0 unspecified atom stereocenters. The standard InChI is InChI=1S/C20H28O2S2.C2H6/c1-2-20(15-22-16-20)14-21-12-6-4-3-5-8-17-10-11-19(24-17)18-9-7-13-23-18;1-2/h7,9-11,13H,2-6,8,12,14-16H2,1H3;1-2H3. The first-order valence-electron chi connectivity index (χ1n) is 10.1. The summed E-state index contributed by atoms with van der Waals surface area (Å²) in [6.07, 6.45) is 7.44. The van der Waals surface area contributed by atoms with Crippen molar-refractivity contribution >= 4 is 22.7 Å². The molecule has 0 spiro atoms. The Balaban J connectivity index is 0.00000117. The van der Waals surface area contributed by atoms with E-state index >= 15 is 0 Å². The summed E-state index contributed by atoms with van der Waals surface area (Å²) >= 11 is 3.78. The second-order valence-corrected chi connectivity index (χ2v) is 8.92. The molecule has 2 aromatic heterocycles. The molecule has 0 saturated carbocycles. The second kappa shape index (κ2) is 11.9. The highest BCUT2D eigenvalue weighted by molar-refractivity contribution is 7.21. The van der Waals surface area contributed by atoms with Gasteiger partial charge in [0.05, 0.1) is 19.8 Å². The van der Waals surface area contributed by atoms with Crippen molar-refractivity contribution in [3.8, 4) is 9.75 Å². The highest BCUT2D eigenvalue weighted by atomic mass is 32.1. The number of hydrogen-bond acceptors (Lipinski definition) is 4. The van der Waals surface area contributed by atoms with E-state index in [1.165, 1.54) is 53.2 Å². The van der Waals surface area contributed by atoms with Crippen LogP contribution in [0.15, 0.2) is 29.6 Å². The molecule has 4 heteroatoms. The maximum Gasteiger partial charge on any atom is 0.0566 e. The fraction of sp³-hybridized carbons (Fsp3) is 0.636. The van der Waals surface area contributed by atoms with E-state index in [1.807, 2.05) is 36.5 Å². The Hall–Kier alpha value is -0.680. The lowest BCUT2D eigenvalue weighted by Crippen LogP contribution is -2.45. The molecule has 1 aliphatic heterocycles. The van der Waals surface area contributed by atoms with E-state index in [2.05, 4.69) is 36.6 Å². The van der Waals surface area contributed by atoms with Crippen molar-refractivity contribution in [1.29, 1.82) is 0 Å². The molecular formula is C22H34O2S2. The number of hydrogen-bond donors (Lipinski definition) is 0. The maximum atomic E-state index is 5.86. The van der Waals surface area contributed by atoms with Crippen molar-refractivity contribution in [2.45, 2.75) is 59.3 Å². The minimum atomic E-state index is 0.333. The monoisotopic (exact) mass is 394 g/mol. The highest BCUT2D eigenvalue weighted by Gasteiger charge is 2.36. The Morgan fingerprint density at radius 2 is 1.85 bits per heavy atom. The van der Waals surface area contributed by atoms with Gasteiger partial charge in [-0.05, 0) is 49.3 Å². The predicted octanol–water partition coefficient (Wildman–Crippen LogP) is 7.05. The zero-order valence-electron chi connectivity index (χ0n) is 16.6. The van der Waals surface area contributed by atoms with Crippen LogP contribution >= 0.6 is 22.7 Å². The van der Waals surface area contributed by atoms with Crippen molar-refractivity contribution < 1.29 is 9.47 Å². The van der Waals surface area contributed by atoms with E-state index < -0.39 is 0 Å². The van der Waals surface area contributed by atoms with Gasteiger partial charge in [-0.2, -0.15) is 0 Å². The molecular weight excluding hydrogens is 360 g/mol. The van der Waals surface area contributed by atoms with Gasteiger partial charge in [-0.1, -0.05) is 39.7 Å². The molecule has 3 heterocycles. The maximum absolute atomic E-state index is 5.86.